The van der Waals surface area contributed by atoms with Crippen LogP contribution in [0.15, 0.2) is 72.3 Å². The molecule has 0 aromatic heterocycles. The van der Waals surface area contributed by atoms with Crippen LogP contribution < -0.4 is 14.4 Å². The topological polar surface area (TPSA) is 79.3 Å². The number of rotatable bonds is 8. The number of ether oxygens (including phenoxy) is 2. The van der Waals surface area contributed by atoms with Gasteiger partial charge >= 0.3 is 0 Å². The maximum absolute atomic E-state index is 13.6. The van der Waals surface area contributed by atoms with Gasteiger partial charge in [-0.2, -0.15) is 0 Å². The number of carbonyl (C=O) groups is 2. The zero-order valence-corrected chi connectivity index (χ0v) is 24.3. The Labute approximate surface area is 236 Å². The first-order valence-corrected chi connectivity index (χ1v) is 13.4. The number of carbonyl (C=O) groups excluding carboxylic acids is 2. The van der Waals surface area contributed by atoms with Crippen LogP contribution >= 0.6 is 0 Å². The van der Waals surface area contributed by atoms with Crippen molar-refractivity contribution in [2.45, 2.75) is 45.7 Å². The van der Waals surface area contributed by atoms with Gasteiger partial charge < -0.3 is 24.4 Å². The van der Waals surface area contributed by atoms with Gasteiger partial charge in [0.1, 0.15) is 17.3 Å². The summed E-state index contributed by atoms with van der Waals surface area (Å²) in [6, 6.07) is 19.7. The lowest BCUT2D eigenvalue weighted by atomic mass is 9.84. The molecule has 1 atom stereocenters. The Morgan fingerprint density at radius 3 is 2.25 bits per heavy atom. The molecule has 1 fully saturated rings. The molecular weight excluding hydrogens is 504 g/mol. The molecule has 3 aromatic rings. The number of aliphatic hydroxyl groups is 1. The van der Waals surface area contributed by atoms with E-state index in [0.29, 0.717) is 17.9 Å². The first-order chi connectivity index (χ1) is 19.0. The standard InChI is InChI=1S/C33H38N2O5/c1-8-40-27-18-15-22(19-25(27)33(2,3)4)30(36)28-29(21-13-16-24(17-14-21)34(5)6)35(32(38)31(28)37)20-23-11-9-10-12-26(23)39-7/h9-19,29,36H,8,20H2,1-7H3/b30-28-. The van der Waals surface area contributed by atoms with Crippen LogP contribution in [0, 0.1) is 0 Å². The Morgan fingerprint density at radius 2 is 1.65 bits per heavy atom. The second kappa shape index (κ2) is 11.5. The zero-order chi connectivity index (χ0) is 29.2. The third-order valence-electron chi connectivity index (χ3n) is 7.16. The molecule has 1 N–H and O–H groups in total. The summed E-state index contributed by atoms with van der Waals surface area (Å²) < 4.78 is 11.4. The van der Waals surface area contributed by atoms with Crippen molar-refractivity contribution in [3.63, 3.8) is 0 Å². The number of Topliss-reactive ketones (excluding diaryl/α,β-unsaturated/α-hetero) is 1. The number of methoxy groups -OCH3 is 1. The van der Waals surface area contributed by atoms with Gasteiger partial charge in [-0.05, 0) is 54.3 Å². The normalized spacial score (nSPS) is 16.8. The van der Waals surface area contributed by atoms with Gasteiger partial charge in [-0.25, -0.2) is 0 Å². The van der Waals surface area contributed by atoms with E-state index in [0.717, 1.165) is 28.1 Å². The van der Waals surface area contributed by atoms with Crippen LogP contribution in [0.25, 0.3) is 5.76 Å². The van der Waals surface area contributed by atoms with E-state index in [1.54, 1.807) is 13.2 Å². The van der Waals surface area contributed by atoms with E-state index in [2.05, 4.69) is 20.8 Å². The molecule has 1 amide bonds. The summed E-state index contributed by atoms with van der Waals surface area (Å²) in [4.78, 5) is 30.6. The van der Waals surface area contributed by atoms with Crippen molar-refractivity contribution in [3.8, 4) is 11.5 Å². The molecule has 4 rings (SSSR count). The lowest BCUT2D eigenvalue weighted by Crippen LogP contribution is -2.29. The minimum Gasteiger partial charge on any atom is -0.507 e. The Morgan fingerprint density at radius 1 is 0.975 bits per heavy atom. The molecule has 0 aliphatic carbocycles. The second-order valence-electron chi connectivity index (χ2n) is 11.1. The second-order valence-corrected chi connectivity index (χ2v) is 11.1. The smallest absolute Gasteiger partial charge is 0.295 e. The van der Waals surface area contributed by atoms with Crippen LogP contribution in [0.4, 0.5) is 5.69 Å². The minimum absolute atomic E-state index is 0.0570. The van der Waals surface area contributed by atoms with E-state index < -0.39 is 17.7 Å². The molecule has 7 nitrogen and oxygen atoms in total. The first-order valence-electron chi connectivity index (χ1n) is 13.4. The minimum atomic E-state index is -0.786. The molecule has 0 spiro atoms. The van der Waals surface area contributed by atoms with Crippen molar-refractivity contribution in [2.75, 3.05) is 32.7 Å². The third-order valence-corrected chi connectivity index (χ3v) is 7.16. The van der Waals surface area contributed by atoms with Crippen LogP contribution in [0.5, 0.6) is 11.5 Å². The first kappa shape index (κ1) is 28.7. The fraction of sp³-hybridized carbons (Fsp3) is 0.333. The molecule has 7 heteroatoms. The number of hydrogen-bond donors (Lipinski definition) is 1. The van der Waals surface area contributed by atoms with E-state index in [-0.39, 0.29) is 23.3 Å². The number of anilines is 1. The summed E-state index contributed by atoms with van der Waals surface area (Å²) in [5.74, 6) is -0.265. The average Bonchev–Trinajstić information content (AvgIpc) is 3.17. The summed E-state index contributed by atoms with van der Waals surface area (Å²) in [7, 11) is 5.46. The Kier molecular flexibility index (Phi) is 8.24. The predicted octanol–water partition coefficient (Wildman–Crippen LogP) is 6.08. The van der Waals surface area contributed by atoms with E-state index in [1.165, 1.54) is 4.90 Å². The van der Waals surface area contributed by atoms with E-state index in [1.807, 2.05) is 86.6 Å². The zero-order valence-electron chi connectivity index (χ0n) is 24.3. The maximum Gasteiger partial charge on any atom is 0.295 e. The van der Waals surface area contributed by atoms with Crippen molar-refractivity contribution in [2.24, 2.45) is 0 Å². The molecular formula is C33H38N2O5. The van der Waals surface area contributed by atoms with Gasteiger partial charge in [0.2, 0.25) is 0 Å². The Hall–Kier alpha value is -4.26. The highest BCUT2D eigenvalue weighted by molar-refractivity contribution is 6.46. The Balaban J connectivity index is 1.90. The quantitative estimate of drug-likeness (QED) is 0.211. The summed E-state index contributed by atoms with van der Waals surface area (Å²) in [6.07, 6.45) is 0. The lowest BCUT2D eigenvalue weighted by Gasteiger charge is -2.27. The fourth-order valence-corrected chi connectivity index (χ4v) is 5.06. The summed E-state index contributed by atoms with van der Waals surface area (Å²) in [6.45, 7) is 8.76. The molecule has 3 aromatic carbocycles. The molecule has 1 aliphatic rings. The van der Waals surface area contributed by atoms with Crippen LogP contribution in [0.2, 0.25) is 0 Å². The van der Waals surface area contributed by atoms with Crippen LogP contribution in [-0.4, -0.2) is 49.5 Å². The van der Waals surface area contributed by atoms with E-state index in [4.69, 9.17) is 9.47 Å². The van der Waals surface area contributed by atoms with Crippen molar-refractivity contribution in [1.29, 1.82) is 0 Å². The van der Waals surface area contributed by atoms with E-state index >= 15 is 0 Å². The molecule has 210 valence electrons. The Bertz CT molecular complexity index is 1430. The van der Waals surface area contributed by atoms with Gasteiger partial charge in [-0.15, -0.1) is 0 Å². The van der Waals surface area contributed by atoms with Crippen molar-refractivity contribution in [1.82, 2.24) is 4.90 Å². The monoisotopic (exact) mass is 542 g/mol. The van der Waals surface area contributed by atoms with Gasteiger partial charge in [0.15, 0.2) is 0 Å². The average molecular weight is 543 g/mol. The number of amides is 1. The van der Waals surface area contributed by atoms with Crippen molar-refractivity contribution < 1.29 is 24.2 Å². The number of hydrogen-bond acceptors (Lipinski definition) is 6. The number of benzene rings is 3. The predicted molar refractivity (Wildman–Crippen MR) is 158 cm³/mol. The third kappa shape index (κ3) is 5.55. The summed E-state index contributed by atoms with van der Waals surface area (Å²) in [5, 5.41) is 11.7. The fourth-order valence-electron chi connectivity index (χ4n) is 5.06. The highest BCUT2D eigenvalue weighted by Gasteiger charge is 2.46. The van der Waals surface area contributed by atoms with Gasteiger partial charge in [-0.1, -0.05) is 51.1 Å². The van der Waals surface area contributed by atoms with Gasteiger partial charge in [0.05, 0.1) is 31.9 Å². The molecule has 40 heavy (non-hydrogen) atoms. The maximum atomic E-state index is 13.6. The van der Waals surface area contributed by atoms with Gasteiger partial charge in [-0.3, -0.25) is 9.59 Å². The largest absolute Gasteiger partial charge is 0.507 e. The number of ketones is 1. The van der Waals surface area contributed by atoms with Crippen LogP contribution in [-0.2, 0) is 21.5 Å². The highest BCUT2D eigenvalue weighted by atomic mass is 16.5. The van der Waals surface area contributed by atoms with Gasteiger partial charge in [0.25, 0.3) is 11.7 Å². The molecule has 1 aliphatic heterocycles. The molecule has 1 saturated heterocycles. The molecule has 1 heterocycles. The van der Waals surface area contributed by atoms with Crippen molar-refractivity contribution in [3.05, 3.63) is 94.6 Å². The number of para-hydroxylation sites is 1. The molecule has 0 radical (unpaired) electrons. The SMILES string of the molecule is CCOc1ccc(/C(O)=C2/C(=O)C(=O)N(Cc3ccccc3OC)C2c2ccc(N(C)C)cc2)cc1C(C)(C)C. The number of likely N-dealkylation sites (tertiary alicyclic amines) is 1. The van der Waals surface area contributed by atoms with Crippen LogP contribution in [0.1, 0.15) is 56.0 Å². The highest BCUT2D eigenvalue weighted by Crippen LogP contribution is 2.42. The number of aliphatic hydroxyl groups excluding tert-OH is 1. The number of nitrogens with zero attached hydrogens (tertiary/aromatic N) is 2. The van der Waals surface area contributed by atoms with Crippen molar-refractivity contribution >= 4 is 23.1 Å². The van der Waals surface area contributed by atoms with Crippen LogP contribution in [0.3, 0.4) is 0 Å². The molecule has 1 unspecified atom stereocenters. The lowest BCUT2D eigenvalue weighted by molar-refractivity contribution is -0.140. The summed E-state index contributed by atoms with van der Waals surface area (Å²) >= 11 is 0. The molecule has 0 bridgehead atoms. The molecule has 0 saturated carbocycles. The summed E-state index contributed by atoms with van der Waals surface area (Å²) in [5.41, 5.74) is 3.60. The van der Waals surface area contributed by atoms with E-state index in [9.17, 15) is 14.7 Å². The van der Waals surface area contributed by atoms with Gasteiger partial charge in [0, 0.05) is 36.5 Å².